The van der Waals surface area contributed by atoms with Gasteiger partial charge in [-0.15, -0.1) is 0 Å². The van der Waals surface area contributed by atoms with Gasteiger partial charge in [0.15, 0.2) is 0 Å². The molecule has 0 aliphatic heterocycles. The fraction of sp³-hybridized carbons (Fsp3) is 0.0154. The van der Waals surface area contributed by atoms with E-state index in [-0.39, 0.29) is 0 Å². The SMILES string of the molecule is c1ccc(-c2ccccc2-c2ccccc2-c2ccccc2N(c2cccc(-c3ccc4ccccc4c3)c2)c2ccc3c(c2)C(c2ccccc2)(c2ccccc2)c2ccccc2-3)cc1. The molecule has 1 nitrogen and oxygen atoms in total. The summed E-state index contributed by atoms with van der Waals surface area (Å²) in [5, 5.41) is 2.46. The van der Waals surface area contributed by atoms with Gasteiger partial charge in [0.2, 0.25) is 0 Å². The molecule has 12 rings (SSSR count). The van der Waals surface area contributed by atoms with Gasteiger partial charge in [0.05, 0.1) is 11.1 Å². The molecule has 0 N–H and O–H groups in total. The Bertz CT molecular complexity index is 3500. The van der Waals surface area contributed by atoms with Crippen molar-refractivity contribution in [3.05, 3.63) is 295 Å². The van der Waals surface area contributed by atoms with Crippen molar-refractivity contribution in [1.29, 1.82) is 0 Å². The number of benzene rings is 11. The summed E-state index contributed by atoms with van der Waals surface area (Å²) in [6.45, 7) is 0. The lowest BCUT2D eigenvalue weighted by Gasteiger charge is -2.35. The van der Waals surface area contributed by atoms with Crippen molar-refractivity contribution in [2.45, 2.75) is 5.41 Å². The highest BCUT2D eigenvalue weighted by Crippen LogP contribution is 2.57. The molecule has 0 heterocycles. The van der Waals surface area contributed by atoms with Crippen LogP contribution in [0.2, 0.25) is 0 Å². The largest absolute Gasteiger partial charge is 0.310 e. The minimum atomic E-state index is -0.545. The van der Waals surface area contributed by atoms with Gasteiger partial charge in [0.25, 0.3) is 0 Å². The van der Waals surface area contributed by atoms with E-state index < -0.39 is 5.41 Å². The van der Waals surface area contributed by atoms with E-state index in [0.29, 0.717) is 0 Å². The van der Waals surface area contributed by atoms with E-state index in [1.807, 2.05) is 0 Å². The summed E-state index contributed by atoms with van der Waals surface area (Å²) in [5.41, 5.74) is 19.7. The first-order chi connectivity index (χ1) is 32.8. The summed E-state index contributed by atoms with van der Waals surface area (Å²) < 4.78 is 0. The zero-order valence-corrected chi connectivity index (χ0v) is 36.4. The van der Waals surface area contributed by atoms with Crippen LogP contribution >= 0.6 is 0 Å². The summed E-state index contributed by atoms with van der Waals surface area (Å²) in [5.74, 6) is 0. The average molecular weight is 840 g/mol. The lowest BCUT2D eigenvalue weighted by atomic mass is 9.67. The summed E-state index contributed by atoms with van der Waals surface area (Å²) >= 11 is 0. The van der Waals surface area contributed by atoms with Crippen LogP contribution in [-0.2, 0) is 5.41 Å². The van der Waals surface area contributed by atoms with Gasteiger partial charge in [0.1, 0.15) is 0 Å². The van der Waals surface area contributed by atoms with Crippen LogP contribution in [0.25, 0.3) is 66.4 Å². The number of nitrogens with zero attached hydrogens (tertiary/aromatic N) is 1. The summed E-state index contributed by atoms with van der Waals surface area (Å²) in [4.78, 5) is 2.49. The van der Waals surface area contributed by atoms with Gasteiger partial charge in [0, 0.05) is 16.9 Å². The summed E-state index contributed by atoms with van der Waals surface area (Å²) in [7, 11) is 0. The second-order valence-corrected chi connectivity index (χ2v) is 17.2. The molecule has 11 aromatic rings. The molecule has 0 atom stereocenters. The molecule has 0 amide bonds. The van der Waals surface area contributed by atoms with Gasteiger partial charge >= 0.3 is 0 Å². The number of fused-ring (bicyclic) bond motifs is 4. The predicted molar refractivity (Wildman–Crippen MR) is 278 cm³/mol. The number of para-hydroxylation sites is 1. The highest BCUT2D eigenvalue weighted by Gasteiger charge is 2.46. The third-order valence-corrected chi connectivity index (χ3v) is 13.6. The lowest BCUT2D eigenvalue weighted by molar-refractivity contribution is 0.768. The maximum absolute atomic E-state index is 2.49. The molecular formula is C65H45N. The number of hydrogen-bond acceptors (Lipinski definition) is 1. The predicted octanol–water partition coefficient (Wildman–Crippen LogP) is 17.3. The molecule has 0 unspecified atom stereocenters. The third kappa shape index (κ3) is 6.56. The van der Waals surface area contributed by atoms with Crippen molar-refractivity contribution in [1.82, 2.24) is 0 Å². The molecule has 0 saturated heterocycles. The molecule has 0 radical (unpaired) electrons. The van der Waals surface area contributed by atoms with E-state index in [1.165, 1.54) is 77.5 Å². The van der Waals surface area contributed by atoms with Gasteiger partial charge in [-0.2, -0.15) is 0 Å². The van der Waals surface area contributed by atoms with Crippen LogP contribution in [0.5, 0.6) is 0 Å². The average Bonchev–Trinajstić information content (AvgIpc) is 3.70. The number of anilines is 3. The zero-order valence-electron chi connectivity index (χ0n) is 36.4. The molecule has 0 spiro atoms. The van der Waals surface area contributed by atoms with Crippen LogP contribution in [0, 0.1) is 0 Å². The van der Waals surface area contributed by atoms with Crippen molar-refractivity contribution < 1.29 is 0 Å². The van der Waals surface area contributed by atoms with Gasteiger partial charge in [-0.05, 0) is 119 Å². The Hall–Kier alpha value is -8.52. The molecule has 1 aliphatic carbocycles. The monoisotopic (exact) mass is 839 g/mol. The van der Waals surface area contributed by atoms with Crippen molar-refractivity contribution in [3.63, 3.8) is 0 Å². The molecule has 0 bridgehead atoms. The number of rotatable bonds is 9. The Morgan fingerprint density at radius 1 is 0.242 bits per heavy atom. The highest BCUT2D eigenvalue weighted by molar-refractivity contribution is 5.98. The molecule has 11 aromatic carbocycles. The van der Waals surface area contributed by atoms with E-state index in [4.69, 9.17) is 0 Å². The molecular weight excluding hydrogens is 795 g/mol. The van der Waals surface area contributed by atoms with Gasteiger partial charge in [-0.1, -0.05) is 237 Å². The van der Waals surface area contributed by atoms with Crippen LogP contribution in [0.15, 0.2) is 273 Å². The molecule has 1 aliphatic rings. The van der Waals surface area contributed by atoms with Crippen LogP contribution in [-0.4, -0.2) is 0 Å². The second-order valence-electron chi connectivity index (χ2n) is 17.2. The molecule has 66 heavy (non-hydrogen) atoms. The van der Waals surface area contributed by atoms with E-state index in [9.17, 15) is 0 Å². The maximum atomic E-state index is 2.49. The van der Waals surface area contributed by atoms with Crippen molar-refractivity contribution in [3.8, 4) is 55.6 Å². The van der Waals surface area contributed by atoms with E-state index >= 15 is 0 Å². The van der Waals surface area contributed by atoms with Crippen LogP contribution in [0.3, 0.4) is 0 Å². The first-order valence-corrected chi connectivity index (χ1v) is 22.8. The first-order valence-electron chi connectivity index (χ1n) is 22.8. The highest BCUT2D eigenvalue weighted by atomic mass is 15.1. The molecule has 0 saturated carbocycles. The van der Waals surface area contributed by atoms with E-state index in [1.54, 1.807) is 0 Å². The molecule has 0 fully saturated rings. The Balaban J connectivity index is 1.11. The summed E-state index contributed by atoms with van der Waals surface area (Å²) in [6, 6.07) is 100. The topological polar surface area (TPSA) is 3.24 Å². The Kier molecular flexibility index (Phi) is 9.81. The van der Waals surface area contributed by atoms with Crippen LogP contribution in [0.1, 0.15) is 22.3 Å². The molecule has 310 valence electrons. The van der Waals surface area contributed by atoms with E-state index in [0.717, 1.165) is 28.2 Å². The van der Waals surface area contributed by atoms with Crippen molar-refractivity contribution >= 4 is 27.8 Å². The third-order valence-electron chi connectivity index (χ3n) is 13.6. The van der Waals surface area contributed by atoms with Crippen LogP contribution in [0.4, 0.5) is 17.1 Å². The van der Waals surface area contributed by atoms with Crippen molar-refractivity contribution in [2.24, 2.45) is 0 Å². The van der Waals surface area contributed by atoms with Gasteiger partial charge in [-0.3, -0.25) is 0 Å². The normalized spacial score (nSPS) is 12.4. The Morgan fingerprint density at radius 2 is 0.727 bits per heavy atom. The molecule has 1 heteroatoms. The maximum Gasteiger partial charge on any atom is 0.0714 e. The first kappa shape index (κ1) is 39.1. The zero-order chi connectivity index (χ0) is 43.9. The molecule has 0 aromatic heterocycles. The van der Waals surface area contributed by atoms with E-state index in [2.05, 4.69) is 278 Å². The van der Waals surface area contributed by atoms with Gasteiger partial charge in [-0.25, -0.2) is 0 Å². The quantitative estimate of drug-likeness (QED) is 0.140. The van der Waals surface area contributed by atoms with Crippen molar-refractivity contribution in [2.75, 3.05) is 4.90 Å². The minimum Gasteiger partial charge on any atom is -0.310 e. The lowest BCUT2D eigenvalue weighted by Crippen LogP contribution is -2.28. The summed E-state index contributed by atoms with van der Waals surface area (Å²) in [6.07, 6.45) is 0. The second kappa shape index (κ2) is 16.6. The standard InChI is InChI=1S/C65H45N/c1-4-22-47(23-5-1)55-31-12-13-32-56(55)57-33-14-15-34-58(57)61-36-17-19-38-64(61)66(53-30-20-25-49(44-53)50-40-39-46-21-10-11-24-48(46)43-50)54-41-42-60-59-35-16-18-37-62(59)65(63(60)45-54,51-26-6-2-7-27-51)52-28-8-3-9-29-52/h1-45H. The fourth-order valence-corrected chi connectivity index (χ4v) is 10.6. The Labute approximate surface area is 387 Å². The smallest absolute Gasteiger partial charge is 0.0714 e. The number of hydrogen-bond donors (Lipinski definition) is 0. The van der Waals surface area contributed by atoms with Gasteiger partial charge < -0.3 is 4.90 Å². The minimum absolute atomic E-state index is 0.545. The van der Waals surface area contributed by atoms with Crippen LogP contribution < -0.4 is 4.90 Å². The Morgan fingerprint density at radius 3 is 1.44 bits per heavy atom. The fourth-order valence-electron chi connectivity index (χ4n) is 10.6.